The number of phenolic OH excluding ortho intramolecular Hbond substituents is 1. The summed E-state index contributed by atoms with van der Waals surface area (Å²) in [7, 11) is 0. The van der Waals surface area contributed by atoms with Gasteiger partial charge in [-0.3, -0.25) is 4.79 Å². The molecule has 3 rings (SSSR count). The molecule has 0 unspecified atom stereocenters. The summed E-state index contributed by atoms with van der Waals surface area (Å²) < 4.78 is 0. The van der Waals surface area contributed by atoms with E-state index in [9.17, 15) is 9.90 Å². The van der Waals surface area contributed by atoms with Gasteiger partial charge in [-0.05, 0) is 48.5 Å². The molecule has 2 nitrogen and oxygen atoms in total. The third kappa shape index (κ3) is 3.21. The Hall–Kier alpha value is -2.52. The highest BCUT2D eigenvalue weighted by Crippen LogP contribution is 2.28. The zero-order valence-corrected chi connectivity index (χ0v) is 12.6. The minimum atomic E-state index is -0.172. The molecule has 0 spiro atoms. The van der Waals surface area contributed by atoms with Crippen LogP contribution in [0.25, 0.3) is 0 Å². The number of aromatic hydroxyl groups is 1. The van der Waals surface area contributed by atoms with E-state index >= 15 is 0 Å². The lowest BCUT2D eigenvalue weighted by Gasteiger charge is -2.05. The fourth-order valence-corrected chi connectivity index (χ4v) is 2.96. The van der Waals surface area contributed by atoms with Gasteiger partial charge < -0.3 is 5.11 Å². The van der Waals surface area contributed by atoms with Gasteiger partial charge in [-0.2, -0.15) is 0 Å². The van der Waals surface area contributed by atoms with Crippen molar-refractivity contribution in [3.63, 3.8) is 0 Å². The van der Waals surface area contributed by atoms with Crippen LogP contribution < -0.4 is 0 Å². The van der Waals surface area contributed by atoms with Crippen molar-refractivity contribution in [3.05, 3.63) is 90.0 Å². The molecule has 108 valence electrons. The number of benzene rings is 3. The quantitative estimate of drug-likeness (QED) is 0.705. The summed E-state index contributed by atoms with van der Waals surface area (Å²) in [5, 5.41) is 9.77. The van der Waals surface area contributed by atoms with Gasteiger partial charge in [0, 0.05) is 15.4 Å². The number of carbonyl (C=O) groups excluding carboxylic acids is 1. The standard InChI is InChI=1S/C19H14O2S/c20-18-9-5-4-8-17(18)19(21)14-10-12-16(13-11-14)22-15-6-2-1-3-7-15/h1-13,20H. The lowest BCUT2D eigenvalue weighted by atomic mass is 10.0. The van der Waals surface area contributed by atoms with E-state index in [0.717, 1.165) is 9.79 Å². The largest absolute Gasteiger partial charge is 0.507 e. The van der Waals surface area contributed by atoms with Gasteiger partial charge in [0.2, 0.25) is 0 Å². The Morgan fingerprint density at radius 2 is 1.32 bits per heavy atom. The van der Waals surface area contributed by atoms with Gasteiger partial charge >= 0.3 is 0 Å². The second-order valence-corrected chi connectivity index (χ2v) is 5.93. The van der Waals surface area contributed by atoms with Crippen LogP contribution in [0, 0.1) is 0 Å². The van der Waals surface area contributed by atoms with Gasteiger partial charge in [0.1, 0.15) is 5.75 Å². The molecule has 0 fully saturated rings. The Bertz CT molecular complexity index is 780. The Labute approximate surface area is 133 Å². The van der Waals surface area contributed by atoms with Crippen LogP contribution >= 0.6 is 11.8 Å². The minimum Gasteiger partial charge on any atom is -0.507 e. The zero-order chi connectivity index (χ0) is 15.4. The van der Waals surface area contributed by atoms with E-state index in [1.54, 1.807) is 42.1 Å². The molecular weight excluding hydrogens is 292 g/mol. The van der Waals surface area contributed by atoms with Crippen LogP contribution in [-0.4, -0.2) is 10.9 Å². The lowest BCUT2D eigenvalue weighted by Crippen LogP contribution is -2.01. The molecular formula is C19H14O2S. The molecule has 0 aliphatic rings. The maximum absolute atomic E-state index is 12.4. The van der Waals surface area contributed by atoms with E-state index < -0.39 is 0 Å². The lowest BCUT2D eigenvalue weighted by molar-refractivity contribution is 0.103. The topological polar surface area (TPSA) is 37.3 Å². The predicted octanol–water partition coefficient (Wildman–Crippen LogP) is 4.77. The summed E-state index contributed by atoms with van der Waals surface area (Å²) in [5.41, 5.74) is 0.893. The zero-order valence-electron chi connectivity index (χ0n) is 11.8. The molecule has 1 N–H and O–H groups in total. The van der Waals surface area contributed by atoms with E-state index in [1.807, 2.05) is 42.5 Å². The molecule has 0 saturated carbocycles. The predicted molar refractivity (Wildman–Crippen MR) is 88.5 cm³/mol. The maximum Gasteiger partial charge on any atom is 0.196 e. The van der Waals surface area contributed by atoms with Gasteiger partial charge in [0.05, 0.1) is 5.56 Å². The number of ketones is 1. The van der Waals surface area contributed by atoms with E-state index in [-0.39, 0.29) is 11.5 Å². The SMILES string of the molecule is O=C(c1ccc(Sc2ccccc2)cc1)c1ccccc1O. The molecule has 0 bridgehead atoms. The molecule has 0 heterocycles. The Balaban J connectivity index is 1.80. The Morgan fingerprint density at radius 3 is 2.00 bits per heavy atom. The summed E-state index contributed by atoms with van der Waals surface area (Å²) in [6, 6.07) is 24.1. The number of rotatable bonds is 4. The van der Waals surface area contributed by atoms with Gasteiger partial charge in [-0.15, -0.1) is 0 Å². The minimum absolute atomic E-state index is 0.00948. The highest BCUT2D eigenvalue weighted by Gasteiger charge is 2.12. The second-order valence-electron chi connectivity index (χ2n) is 4.79. The first-order valence-electron chi connectivity index (χ1n) is 6.90. The van der Waals surface area contributed by atoms with Crippen molar-refractivity contribution in [1.82, 2.24) is 0 Å². The van der Waals surface area contributed by atoms with Crippen molar-refractivity contribution in [3.8, 4) is 5.75 Å². The monoisotopic (exact) mass is 306 g/mol. The average molecular weight is 306 g/mol. The van der Waals surface area contributed by atoms with Crippen molar-refractivity contribution < 1.29 is 9.90 Å². The van der Waals surface area contributed by atoms with Crippen molar-refractivity contribution in [2.45, 2.75) is 9.79 Å². The highest BCUT2D eigenvalue weighted by molar-refractivity contribution is 7.99. The molecule has 0 amide bonds. The maximum atomic E-state index is 12.4. The van der Waals surface area contributed by atoms with Crippen LogP contribution in [0.15, 0.2) is 88.7 Å². The fraction of sp³-hybridized carbons (Fsp3) is 0. The smallest absolute Gasteiger partial charge is 0.196 e. The Kier molecular flexibility index (Phi) is 4.26. The summed E-state index contributed by atoms with van der Waals surface area (Å²) in [4.78, 5) is 14.6. The van der Waals surface area contributed by atoms with E-state index in [1.165, 1.54) is 6.07 Å². The molecule has 0 aromatic heterocycles. The third-order valence-corrected chi connectivity index (χ3v) is 4.26. The number of carbonyl (C=O) groups is 1. The van der Waals surface area contributed by atoms with Gasteiger partial charge in [-0.25, -0.2) is 0 Å². The van der Waals surface area contributed by atoms with Crippen molar-refractivity contribution in [1.29, 1.82) is 0 Å². The molecule has 0 saturated heterocycles. The van der Waals surface area contributed by atoms with Gasteiger partial charge in [0.15, 0.2) is 5.78 Å². The van der Waals surface area contributed by atoms with Crippen LogP contribution in [0.2, 0.25) is 0 Å². The molecule has 0 radical (unpaired) electrons. The number of hydrogen-bond acceptors (Lipinski definition) is 3. The van der Waals surface area contributed by atoms with Crippen LogP contribution in [0.3, 0.4) is 0 Å². The highest BCUT2D eigenvalue weighted by atomic mass is 32.2. The average Bonchev–Trinajstić information content (AvgIpc) is 2.56. The van der Waals surface area contributed by atoms with E-state index in [4.69, 9.17) is 0 Å². The summed E-state index contributed by atoms with van der Waals surface area (Å²) >= 11 is 1.65. The molecule has 3 aromatic carbocycles. The first-order chi connectivity index (χ1) is 10.7. The van der Waals surface area contributed by atoms with Crippen molar-refractivity contribution in [2.24, 2.45) is 0 Å². The van der Waals surface area contributed by atoms with Crippen LogP contribution in [0.4, 0.5) is 0 Å². The normalized spacial score (nSPS) is 10.4. The summed E-state index contributed by atoms with van der Waals surface area (Å²) in [5.74, 6) is -0.162. The molecule has 0 atom stereocenters. The molecule has 22 heavy (non-hydrogen) atoms. The first-order valence-corrected chi connectivity index (χ1v) is 7.71. The molecule has 3 heteroatoms. The van der Waals surface area contributed by atoms with Crippen LogP contribution in [-0.2, 0) is 0 Å². The fourth-order valence-electron chi connectivity index (χ4n) is 2.12. The van der Waals surface area contributed by atoms with Crippen molar-refractivity contribution >= 4 is 17.5 Å². The van der Waals surface area contributed by atoms with Crippen LogP contribution in [0.1, 0.15) is 15.9 Å². The summed E-state index contributed by atoms with van der Waals surface area (Å²) in [6.07, 6.45) is 0. The van der Waals surface area contributed by atoms with Gasteiger partial charge in [-0.1, -0.05) is 42.1 Å². The van der Waals surface area contributed by atoms with Crippen LogP contribution in [0.5, 0.6) is 5.75 Å². The third-order valence-electron chi connectivity index (χ3n) is 3.24. The van der Waals surface area contributed by atoms with Gasteiger partial charge in [0.25, 0.3) is 0 Å². The number of para-hydroxylation sites is 1. The molecule has 0 aliphatic carbocycles. The molecule has 3 aromatic rings. The first kappa shape index (κ1) is 14.4. The molecule has 0 aliphatic heterocycles. The number of phenols is 1. The van der Waals surface area contributed by atoms with E-state index in [0.29, 0.717) is 11.1 Å². The summed E-state index contributed by atoms with van der Waals surface area (Å²) in [6.45, 7) is 0. The number of hydrogen-bond donors (Lipinski definition) is 1. The van der Waals surface area contributed by atoms with Crippen molar-refractivity contribution in [2.75, 3.05) is 0 Å². The van der Waals surface area contributed by atoms with E-state index in [2.05, 4.69) is 0 Å². The Morgan fingerprint density at radius 1 is 0.727 bits per heavy atom. The second kappa shape index (κ2) is 6.50.